The van der Waals surface area contributed by atoms with Gasteiger partial charge in [0.2, 0.25) is 0 Å². The molecule has 18 heavy (non-hydrogen) atoms. The Bertz CT molecular complexity index is 621. The minimum atomic E-state index is -1.00. The highest BCUT2D eigenvalue weighted by Crippen LogP contribution is 2.26. The molecule has 1 heterocycles. The predicted molar refractivity (Wildman–Crippen MR) is 70.5 cm³/mol. The molecule has 0 spiro atoms. The summed E-state index contributed by atoms with van der Waals surface area (Å²) in [5, 5.41) is 9.19. The Kier molecular flexibility index (Phi) is 3.02. The highest BCUT2D eigenvalue weighted by Gasteiger charge is 2.13. The molecule has 0 saturated heterocycles. The Morgan fingerprint density at radius 2 is 1.94 bits per heavy atom. The topological polar surface area (TPSA) is 76.2 Å². The van der Waals surface area contributed by atoms with Crippen molar-refractivity contribution in [1.29, 1.82) is 0 Å². The lowest BCUT2D eigenvalue weighted by atomic mass is 9.98. The van der Waals surface area contributed by atoms with E-state index in [4.69, 9.17) is 5.73 Å². The molecule has 92 valence electrons. The number of aryl methyl sites for hydroxylation is 2. The fourth-order valence-electron chi connectivity index (χ4n) is 1.79. The average Bonchev–Trinajstić information content (AvgIpc) is 2.32. The summed E-state index contributed by atoms with van der Waals surface area (Å²) in [6.07, 6.45) is 1.50. The molecule has 0 aliphatic rings. The summed E-state index contributed by atoms with van der Waals surface area (Å²) in [5.74, 6) is -0.794. The average molecular weight is 242 g/mol. The summed E-state index contributed by atoms with van der Waals surface area (Å²) in [5.41, 5.74) is 9.39. The van der Waals surface area contributed by atoms with Crippen molar-refractivity contribution in [2.45, 2.75) is 13.8 Å². The van der Waals surface area contributed by atoms with E-state index in [1.165, 1.54) is 17.8 Å². The van der Waals surface area contributed by atoms with Crippen LogP contribution in [-0.2, 0) is 0 Å². The summed E-state index contributed by atoms with van der Waals surface area (Å²) in [6, 6.07) is 7.19. The van der Waals surface area contributed by atoms with Gasteiger partial charge in [-0.15, -0.1) is 0 Å². The number of nitrogen functional groups attached to an aromatic ring is 1. The van der Waals surface area contributed by atoms with E-state index in [1.807, 2.05) is 32.0 Å². The summed E-state index contributed by atoms with van der Waals surface area (Å²) < 4.78 is 0. The maximum atomic E-state index is 11.2. The predicted octanol–water partition coefficient (Wildman–Crippen LogP) is 2.65. The van der Waals surface area contributed by atoms with E-state index in [2.05, 4.69) is 4.98 Å². The number of pyridine rings is 1. The molecule has 0 aliphatic heterocycles. The van der Waals surface area contributed by atoms with Crippen LogP contribution < -0.4 is 5.73 Å². The second-order valence-electron chi connectivity index (χ2n) is 4.26. The number of nitrogens with two attached hydrogens (primary N) is 1. The van der Waals surface area contributed by atoms with Gasteiger partial charge in [-0.25, -0.2) is 9.78 Å². The molecule has 0 saturated carbocycles. The second-order valence-corrected chi connectivity index (χ2v) is 4.26. The molecule has 4 nitrogen and oxygen atoms in total. The first-order valence-corrected chi connectivity index (χ1v) is 5.55. The zero-order valence-corrected chi connectivity index (χ0v) is 10.3. The van der Waals surface area contributed by atoms with Gasteiger partial charge in [-0.05, 0) is 36.6 Å². The first-order valence-electron chi connectivity index (χ1n) is 5.55. The monoisotopic (exact) mass is 242 g/mol. The third-order valence-electron chi connectivity index (χ3n) is 2.97. The van der Waals surface area contributed by atoms with Crippen molar-refractivity contribution in [3.8, 4) is 11.1 Å². The van der Waals surface area contributed by atoms with Gasteiger partial charge in [0, 0.05) is 11.8 Å². The van der Waals surface area contributed by atoms with E-state index in [9.17, 15) is 9.90 Å². The van der Waals surface area contributed by atoms with Crippen LogP contribution in [0.5, 0.6) is 0 Å². The van der Waals surface area contributed by atoms with Crippen LogP contribution in [0.4, 0.5) is 5.82 Å². The van der Waals surface area contributed by atoms with Crippen molar-refractivity contribution in [3.63, 3.8) is 0 Å². The Morgan fingerprint density at radius 3 is 2.56 bits per heavy atom. The number of nitrogens with zero attached hydrogens (tertiary/aromatic N) is 1. The van der Waals surface area contributed by atoms with Gasteiger partial charge >= 0.3 is 5.97 Å². The molecule has 1 aromatic heterocycles. The summed E-state index contributed by atoms with van der Waals surface area (Å²) >= 11 is 0. The van der Waals surface area contributed by atoms with E-state index < -0.39 is 5.97 Å². The quantitative estimate of drug-likeness (QED) is 0.848. The number of aromatic carboxylic acids is 1. The molecule has 3 N–H and O–H groups in total. The van der Waals surface area contributed by atoms with Gasteiger partial charge < -0.3 is 10.8 Å². The number of carboxylic acids is 1. The molecule has 0 aliphatic carbocycles. The molecular weight excluding hydrogens is 228 g/mol. The van der Waals surface area contributed by atoms with Gasteiger partial charge in [0.1, 0.15) is 5.82 Å². The second kappa shape index (κ2) is 4.49. The van der Waals surface area contributed by atoms with Crippen LogP contribution in [0, 0.1) is 13.8 Å². The lowest BCUT2D eigenvalue weighted by molar-refractivity contribution is 0.0697. The van der Waals surface area contributed by atoms with Crippen LogP contribution in [0.15, 0.2) is 30.5 Å². The van der Waals surface area contributed by atoms with Crippen LogP contribution in [0.25, 0.3) is 11.1 Å². The number of anilines is 1. The molecule has 0 unspecified atom stereocenters. The molecule has 2 aromatic rings. The van der Waals surface area contributed by atoms with E-state index in [0.29, 0.717) is 5.56 Å². The molecule has 2 rings (SSSR count). The molecule has 0 fully saturated rings. The zero-order chi connectivity index (χ0) is 13.3. The number of hydrogen-bond acceptors (Lipinski definition) is 3. The third kappa shape index (κ3) is 2.18. The van der Waals surface area contributed by atoms with Gasteiger partial charge in [0.15, 0.2) is 0 Å². The van der Waals surface area contributed by atoms with Crippen LogP contribution in [0.2, 0.25) is 0 Å². The third-order valence-corrected chi connectivity index (χ3v) is 2.97. The van der Waals surface area contributed by atoms with Gasteiger partial charge in [-0.1, -0.05) is 18.2 Å². The van der Waals surface area contributed by atoms with Crippen LogP contribution >= 0.6 is 0 Å². The van der Waals surface area contributed by atoms with Gasteiger partial charge in [0.25, 0.3) is 0 Å². The van der Waals surface area contributed by atoms with Gasteiger partial charge in [0.05, 0.1) is 5.56 Å². The summed E-state index contributed by atoms with van der Waals surface area (Å²) in [4.78, 5) is 15.2. The zero-order valence-electron chi connectivity index (χ0n) is 10.3. The highest BCUT2D eigenvalue weighted by atomic mass is 16.4. The Hall–Kier alpha value is -2.36. The largest absolute Gasteiger partial charge is 0.478 e. The first kappa shape index (κ1) is 12.1. The van der Waals surface area contributed by atoms with Gasteiger partial charge in [-0.3, -0.25) is 0 Å². The molecule has 1 aromatic carbocycles. The number of carbonyl (C=O) groups is 1. The molecule has 0 radical (unpaired) electrons. The molecule has 0 amide bonds. The Morgan fingerprint density at radius 1 is 1.22 bits per heavy atom. The number of aromatic nitrogens is 1. The van der Waals surface area contributed by atoms with Gasteiger partial charge in [-0.2, -0.15) is 0 Å². The van der Waals surface area contributed by atoms with Crippen molar-refractivity contribution in [2.75, 3.05) is 5.73 Å². The smallest absolute Gasteiger partial charge is 0.336 e. The van der Waals surface area contributed by atoms with E-state index in [-0.39, 0.29) is 11.4 Å². The van der Waals surface area contributed by atoms with Crippen molar-refractivity contribution in [3.05, 3.63) is 47.2 Å². The lowest BCUT2D eigenvalue weighted by Crippen LogP contribution is -2.03. The van der Waals surface area contributed by atoms with Crippen LogP contribution in [-0.4, -0.2) is 16.1 Å². The normalized spacial score (nSPS) is 10.3. The maximum Gasteiger partial charge on any atom is 0.336 e. The van der Waals surface area contributed by atoms with Crippen LogP contribution in [0.3, 0.4) is 0 Å². The molecule has 0 bridgehead atoms. The number of rotatable bonds is 2. The SMILES string of the molecule is Cc1ccc(-c2cnc(N)cc2C(=O)O)cc1C. The fourth-order valence-corrected chi connectivity index (χ4v) is 1.79. The maximum absolute atomic E-state index is 11.2. The number of benzene rings is 1. The number of hydrogen-bond donors (Lipinski definition) is 2. The van der Waals surface area contributed by atoms with E-state index >= 15 is 0 Å². The summed E-state index contributed by atoms with van der Waals surface area (Å²) in [7, 11) is 0. The fraction of sp³-hybridized carbons (Fsp3) is 0.143. The summed E-state index contributed by atoms with van der Waals surface area (Å²) in [6.45, 7) is 4.00. The van der Waals surface area contributed by atoms with Crippen molar-refractivity contribution >= 4 is 11.8 Å². The molecule has 4 heteroatoms. The minimum Gasteiger partial charge on any atom is -0.478 e. The molecule has 0 atom stereocenters. The van der Waals surface area contributed by atoms with Crippen molar-refractivity contribution in [1.82, 2.24) is 4.98 Å². The van der Waals surface area contributed by atoms with E-state index in [1.54, 1.807) is 0 Å². The molecular formula is C14H14N2O2. The van der Waals surface area contributed by atoms with E-state index in [0.717, 1.165) is 11.1 Å². The lowest BCUT2D eigenvalue weighted by Gasteiger charge is -2.09. The van der Waals surface area contributed by atoms with Crippen molar-refractivity contribution < 1.29 is 9.90 Å². The number of carboxylic acid groups (broad SMARTS) is 1. The van der Waals surface area contributed by atoms with Crippen LogP contribution in [0.1, 0.15) is 21.5 Å². The van der Waals surface area contributed by atoms with Crippen molar-refractivity contribution in [2.24, 2.45) is 0 Å². The standard InChI is InChI=1S/C14H14N2O2/c1-8-3-4-10(5-9(8)2)12-7-16-13(15)6-11(12)14(17)18/h3-7H,1-2H3,(H2,15,16)(H,17,18). The highest BCUT2D eigenvalue weighted by molar-refractivity contribution is 5.96. The Labute approximate surface area is 105 Å². The Balaban J connectivity index is 2.63. The minimum absolute atomic E-state index is 0.172. The first-order chi connectivity index (χ1) is 8.49.